The first kappa shape index (κ1) is 18.7. The molecule has 0 aliphatic carbocycles. The minimum atomic E-state index is -0.465. The van der Waals surface area contributed by atoms with E-state index in [1.54, 1.807) is 0 Å². The number of primary amides is 1. The summed E-state index contributed by atoms with van der Waals surface area (Å²) < 4.78 is 6.15. The maximum atomic E-state index is 11.1. The van der Waals surface area contributed by atoms with Gasteiger partial charge in [0.1, 0.15) is 11.9 Å². The van der Waals surface area contributed by atoms with Crippen LogP contribution < -0.4 is 10.5 Å². The van der Waals surface area contributed by atoms with Crippen LogP contribution in [0.4, 0.5) is 0 Å². The second-order valence-electron chi connectivity index (χ2n) is 6.05. The molecule has 1 amide bonds. The van der Waals surface area contributed by atoms with E-state index in [-0.39, 0.29) is 12.7 Å². The number of amides is 1. The molecule has 2 aromatic rings. The molecule has 0 fully saturated rings. The molecule has 0 heterocycles. The van der Waals surface area contributed by atoms with Gasteiger partial charge in [0.15, 0.2) is 0 Å². The van der Waals surface area contributed by atoms with Gasteiger partial charge in [-0.25, -0.2) is 0 Å². The zero-order valence-electron chi connectivity index (χ0n) is 14.7. The van der Waals surface area contributed by atoms with Crippen molar-refractivity contribution in [3.63, 3.8) is 0 Å². The van der Waals surface area contributed by atoms with Crippen LogP contribution in [0.1, 0.15) is 43.1 Å². The summed E-state index contributed by atoms with van der Waals surface area (Å²) in [6, 6.07) is 15.9. The minimum Gasteiger partial charge on any atom is -0.486 e. The fraction of sp³-hybridized carbons (Fsp3) is 0.286. The third-order valence-electron chi connectivity index (χ3n) is 4.05. The first-order valence-electron chi connectivity index (χ1n) is 8.44. The zero-order chi connectivity index (χ0) is 18.2. The lowest BCUT2D eigenvalue weighted by Gasteiger charge is -2.19. The summed E-state index contributed by atoms with van der Waals surface area (Å²) in [4.78, 5) is 11.1. The number of carbonyl (C=O) groups excluding carboxylic acids is 1. The summed E-state index contributed by atoms with van der Waals surface area (Å²) in [5.41, 5.74) is 9.07. The standard InChI is InChI=1S/C21H25NO3/c1-15(13-21(22)24)18-10-11-20(19(14-18)9-6-12-23)25-16(2)17-7-4-3-5-8-17/h3-5,7-8,10-11,13-14,16,23H,6,9,12H2,1-2H3,(H2,22,24)/b15-13+. The fourth-order valence-electron chi connectivity index (χ4n) is 2.68. The Morgan fingerprint density at radius 3 is 2.60 bits per heavy atom. The monoisotopic (exact) mass is 339 g/mol. The van der Waals surface area contributed by atoms with Gasteiger partial charge in [0.2, 0.25) is 5.91 Å². The van der Waals surface area contributed by atoms with Gasteiger partial charge in [0.25, 0.3) is 0 Å². The highest BCUT2D eigenvalue weighted by molar-refractivity contribution is 5.93. The Kier molecular flexibility index (Phi) is 6.78. The van der Waals surface area contributed by atoms with E-state index < -0.39 is 5.91 Å². The zero-order valence-corrected chi connectivity index (χ0v) is 14.7. The molecule has 3 N–H and O–H groups in total. The molecular weight excluding hydrogens is 314 g/mol. The molecule has 132 valence electrons. The van der Waals surface area contributed by atoms with Crippen LogP contribution >= 0.6 is 0 Å². The number of nitrogens with two attached hydrogens (primary N) is 1. The highest BCUT2D eigenvalue weighted by atomic mass is 16.5. The molecule has 0 aliphatic rings. The smallest absolute Gasteiger partial charge is 0.241 e. The summed E-state index contributed by atoms with van der Waals surface area (Å²) in [5, 5.41) is 9.16. The molecule has 0 aliphatic heterocycles. The average molecular weight is 339 g/mol. The van der Waals surface area contributed by atoms with Gasteiger partial charge in [0.05, 0.1) is 0 Å². The molecule has 2 aromatic carbocycles. The quantitative estimate of drug-likeness (QED) is 0.721. The number of allylic oxidation sites excluding steroid dienone is 1. The number of hydrogen-bond acceptors (Lipinski definition) is 3. The SMILES string of the molecule is C/C(=C\C(N)=O)c1ccc(OC(C)c2ccccc2)c(CCCO)c1. The third kappa shape index (κ3) is 5.47. The van der Waals surface area contributed by atoms with Gasteiger partial charge in [-0.15, -0.1) is 0 Å². The van der Waals surface area contributed by atoms with Gasteiger partial charge in [-0.1, -0.05) is 36.4 Å². The van der Waals surface area contributed by atoms with Crippen LogP contribution in [0.3, 0.4) is 0 Å². The summed E-state index contributed by atoms with van der Waals surface area (Å²) in [6.45, 7) is 3.98. The molecule has 0 aromatic heterocycles. The van der Waals surface area contributed by atoms with Crippen molar-refractivity contribution in [3.05, 3.63) is 71.3 Å². The van der Waals surface area contributed by atoms with E-state index in [9.17, 15) is 4.79 Å². The third-order valence-corrected chi connectivity index (χ3v) is 4.05. The van der Waals surface area contributed by atoms with Crippen LogP contribution in [0.15, 0.2) is 54.6 Å². The number of rotatable bonds is 8. The molecule has 0 bridgehead atoms. The molecule has 2 rings (SSSR count). The number of benzene rings is 2. The van der Waals surface area contributed by atoms with E-state index in [1.807, 2.05) is 62.4 Å². The number of ether oxygens (including phenoxy) is 1. The molecule has 0 saturated carbocycles. The lowest BCUT2D eigenvalue weighted by Crippen LogP contribution is -2.07. The second-order valence-corrected chi connectivity index (χ2v) is 6.05. The van der Waals surface area contributed by atoms with Gasteiger partial charge in [0, 0.05) is 12.7 Å². The van der Waals surface area contributed by atoms with E-state index in [1.165, 1.54) is 6.08 Å². The topological polar surface area (TPSA) is 72.6 Å². The Balaban J connectivity index is 2.28. The Morgan fingerprint density at radius 1 is 1.24 bits per heavy atom. The number of hydrogen-bond donors (Lipinski definition) is 2. The molecule has 4 heteroatoms. The van der Waals surface area contributed by atoms with Gasteiger partial charge >= 0.3 is 0 Å². The van der Waals surface area contributed by atoms with Crippen molar-refractivity contribution in [2.45, 2.75) is 32.8 Å². The largest absolute Gasteiger partial charge is 0.486 e. The van der Waals surface area contributed by atoms with Crippen molar-refractivity contribution in [1.82, 2.24) is 0 Å². The number of aliphatic hydroxyl groups excluding tert-OH is 1. The van der Waals surface area contributed by atoms with Crippen molar-refractivity contribution in [2.75, 3.05) is 6.61 Å². The van der Waals surface area contributed by atoms with Crippen LogP contribution in [0, 0.1) is 0 Å². The Morgan fingerprint density at radius 2 is 1.96 bits per heavy atom. The van der Waals surface area contributed by atoms with Gasteiger partial charge in [-0.05, 0) is 61.1 Å². The Labute approximate surface area is 148 Å². The molecule has 0 radical (unpaired) electrons. The van der Waals surface area contributed by atoms with Crippen LogP contribution in [0.25, 0.3) is 5.57 Å². The molecule has 1 atom stereocenters. The second kappa shape index (κ2) is 9.04. The van der Waals surface area contributed by atoms with Crippen LogP contribution in [0.2, 0.25) is 0 Å². The van der Waals surface area contributed by atoms with E-state index >= 15 is 0 Å². The molecular formula is C21H25NO3. The van der Waals surface area contributed by atoms with Crippen LogP contribution in [0.5, 0.6) is 5.75 Å². The van der Waals surface area contributed by atoms with E-state index in [2.05, 4.69) is 0 Å². The number of aryl methyl sites for hydroxylation is 1. The summed E-state index contributed by atoms with van der Waals surface area (Å²) in [7, 11) is 0. The predicted molar refractivity (Wildman–Crippen MR) is 100 cm³/mol. The van der Waals surface area contributed by atoms with Crippen molar-refractivity contribution < 1.29 is 14.6 Å². The normalized spacial score (nSPS) is 12.7. The maximum absolute atomic E-state index is 11.1. The number of aliphatic hydroxyl groups is 1. The van der Waals surface area contributed by atoms with Crippen LogP contribution in [-0.2, 0) is 11.2 Å². The predicted octanol–water partition coefficient (Wildman–Crippen LogP) is 3.64. The van der Waals surface area contributed by atoms with Crippen molar-refractivity contribution >= 4 is 11.5 Å². The van der Waals surface area contributed by atoms with Crippen LogP contribution in [-0.4, -0.2) is 17.6 Å². The summed E-state index contributed by atoms with van der Waals surface area (Å²) in [5.74, 6) is 0.327. The van der Waals surface area contributed by atoms with Crippen molar-refractivity contribution in [2.24, 2.45) is 5.73 Å². The number of carbonyl (C=O) groups is 1. The molecule has 0 saturated heterocycles. The molecule has 0 spiro atoms. The molecule has 4 nitrogen and oxygen atoms in total. The average Bonchev–Trinajstić information content (AvgIpc) is 2.60. The van der Waals surface area contributed by atoms with Crippen molar-refractivity contribution in [1.29, 1.82) is 0 Å². The highest BCUT2D eigenvalue weighted by Gasteiger charge is 2.12. The van der Waals surface area contributed by atoms with Gasteiger partial charge in [-0.2, -0.15) is 0 Å². The Bertz CT molecular complexity index is 738. The van der Waals surface area contributed by atoms with E-state index in [0.29, 0.717) is 12.8 Å². The first-order chi connectivity index (χ1) is 12.0. The summed E-state index contributed by atoms with van der Waals surface area (Å²) >= 11 is 0. The minimum absolute atomic E-state index is 0.0813. The van der Waals surface area contributed by atoms with Gasteiger partial charge < -0.3 is 15.6 Å². The molecule has 1 unspecified atom stereocenters. The van der Waals surface area contributed by atoms with Crippen molar-refractivity contribution in [3.8, 4) is 5.75 Å². The maximum Gasteiger partial charge on any atom is 0.241 e. The highest BCUT2D eigenvalue weighted by Crippen LogP contribution is 2.29. The van der Waals surface area contributed by atoms with Gasteiger partial charge in [-0.3, -0.25) is 4.79 Å². The van der Waals surface area contributed by atoms with E-state index in [0.717, 1.165) is 28.0 Å². The molecule has 25 heavy (non-hydrogen) atoms. The fourth-order valence-corrected chi connectivity index (χ4v) is 2.68. The summed E-state index contributed by atoms with van der Waals surface area (Å²) in [6.07, 6.45) is 2.68. The first-order valence-corrected chi connectivity index (χ1v) is 8.44. The Hall–Kier alpha value is -2.59. The van der Waals surface area contributed by atoms with E-state index in [4.69, 9.17) is 15.6 Å². The lowest BCUT2D eigenvalue weighted by atomic mass is 10.0. The lowest BCUT2D eigenvalue weighted by molar-refractivity contribution is -0.113.